The van der Waals surface area contributed by atoms with Gasteiger partial charge < -0.3 is 38.9 Å². The standard InChI is InChI=1S/C27H36N2O8S.C2HF3O2/c1-15-7-9-17(10-8-15)38(31,32)29-22-18(11-13-20-24(22)36-26(3,4)34-20)28-19-12-14-21-25(23(19)33-16(2)30)37-27(5,6)35-21;3-2(4,5)1(6)7/h7-14,18-25,28-29H,1-6H3;(H,6,7)/t18?,19-,20+,21+,22+,23+,24+,25+;/m0./s1. The topological polar surface area (TPSA) is 166 Å². The fourth-order valence-electron chi connectivity index (χ4n) is 5.67. The number of hydrogen-bond donors (Lipinski definition) is 2. The van der Waals surface area contributed by atoms with Gasteiger partial charge in [0, 0.05) is 6.92 Å². The summed E-state index contributed by atoms with van der Waals surface area (Å²) in [7, 11) is -3.88. The molecule has 2 saturated heterocycles. The number of quaternary nitrogens is 1. The highest BCUT2D eigenvalue weighted by Crippen LogP contribution is 2.36. The fraction of sp³-hybridized carbons (Fsp3) is 0.586. The molecule has 5 rings (SSSR count). The van der Waals surface area contributed by atoms with Gasteiger partial charge in [-0.25, -0.2) is 8.42 Å². The van der Waals surface area contributed by atoms with Crippen molar-refractivity contribution in [1.82, 2.24) is 4.72 Å². The van der Waals surface area contributed by atoms with Crippen LogP contribution >= 0.6 is 0 Å². The normalized spacial score (nSPS) is 33.0. The average molecular weight is 663 g/mol. The Balaban J connectivity index is 0.000000591. The van der Waals surface area contributed by atoms with E-state index in [9.17, 15) is 26.4 Å². The van der Waals surface area contributed by atoms with Crippen LogP contribution in [0, 0.1) is 6.92 Å². The zero-order valence-corrected chi connectivity index (χ0v) is 26.3. The van der Waals surface area contributed by atoms with E-state index in [2.05, 4.69) is 4.72 Å². The molecule has 2 aliphatic heterocycles. The number of aliphatic carboxylic acids is 1. The lowest BCUT2D eigenvalue weighted by Crippen LogP contribution is -3.00. The predicted octanol–water partition coefficient (Wildman–Crippen LogP) is 0.353. The number of aryl methyl sites for hydroxylation is 1. The molecule has 16 heteroatoms. The summed E-state index contributed by atoms with van der Waals surface area (Å²) in [5.74, 6) is -5.13. The second kappa shape index (κ2) is 12.7. The van der Waals surface area contributed by atoms with Crippen LogP contribution in [0.4, 0.5) is 13.2 Å². The Morgan fingerprint density at radius 3 is 1.89 bits per heavy atom. The Hall–Kier alpha value is -2.86. The van der Waals surface area contributed by atoms with Gasteiger partial charge in [0.1, 0.15) is 48.5 Å². The third-order valence-corrected chi connectivity index (χ3v) is 8.92. The number of nitrogens with two attached hydrogens (primary N) is 1. The van der Waals surface area contributed by atoms with Crippen LogP contribution in [0.15, 0.2) is 53.5 Å². The molecule has 0 bridgehead atoms. The maximum atomic E-state index is 13.5. The van der Waals surface area contributed by atoms with Crippen LogP contribution in [0.2, 0.25) is 0 Å². The number of benzene rings is 1. The molecule has 0 radical (unpaired) electrons. The van der Waals surface area contributed by atoms with Crippen molar-refractivity contribution in [2.45, 2.75) is 113 Å². The molecule has 0 amide bonds. The summed E-state index contributed by atoms with van der Waals surface area (Å²) in [5, 5.41) is 10.8. The minimum Gasteiger partial charge on any atom is -0.542 e. The maximum Gasteiger partial charge on any atom is 0.430 e. The Kier molecular flexibility index (Phi) is 9.91. The Bertz CT molecular complexity index is 1430. The lowest BCUT2D eigenvalue weighted by molar-refractivity contribution is -0.713. The molecule has 0 saturated carbocycles. The zero-order valence-electron chi connectivity index (χ0n) is 25.4. The van der Waals surface area contributed by atoms with Crippen molar-refractivity contribution in [2.24, 2.45) is 0 Å². The molecule has 8 atom stereocenters. The summed E-state index contributed by atoms with van der Waals surface area (Å²) in [4.78, 5) is 21.0. The fourth-order valence-corrected chi connectivity index (χ4v) is 6.95. The van der Waals surface area contributed by atoms with E-state index in [1.54, 1.807) is 24.3 Å². The summed E-state index contributed by atoms with van der Waals surface area (Å²) in [6.07, 6.45) is 0.0299. The lowest BCUT2D eigenvalue weighted by atomic mass is 9.89. The van der Waals surface area contributed by atoms with Crippen molar-refractivity contribution in [2.75, 3.05) is 0 Å². The van der Waals surface area contributed by atoms with E-state index in [1.165, 1.54) is 6.92 Å². The van der Waals surface area contributed by atoms with Gasteiger partial charge in [-0.1, -0.05) is 29.8 Å². The van der Waals surface area contributed by atoms with E-state index < -0.39 is 76.2 Å². The number of esters is 1. The number of alkyl halides is 3. The molecule has 1 aromatic carbocycles. The number of fused-ring (bicyclic) bond motifs is 2. The third-order valence-electron chi connectivity index (χ3n) is 7.45. The number of carboxylic acids is 1. The molecule has 4 aliphatic rings. The van der Waals surface area contributed by atoms with Crippen molar-refractivity contribution in [3.8, 4) is 0 Å². The van der Waals surface area contributed by atoms with Gasteiger partial charge in [-0.05, 0) is 58.9 Å². The van der Waals surface area contributed by atoms with E-state index >= 15 is 0 Å². The van der Waals surface area contributed by atoms with Crippen LogP contribution in [0.5, 0.6) is 0 Å². The molecule has 1 aromatic rings. The van der Waals surface area contributed by atoms with Gasteiger partial charge in [0.25, 0.3) is 0 Å². The highest BCUT2D eigenvalue weighted by molar-refractivity contribution is 7.89. The number of nitrogens with one attached hydrogen (secondary N) is 1. The minimum absolute atomic E-state index is 0.169. The van der Waals surface area contributed by atoms with E-state index in [-0.39, 0.29) is 17.0 Å². The number of hydrogen-bond acceptors (Lipinski definition) is 10. The summed E-state index contributed by atoms with van der Waals surface area (Å²) in [6.45, 7) is 10.5. The first-order chi connectivity index (χ1) is 20.7. The number of rotatable bonds is 6. The number of halogens is 3. The van der Waals surface area contributed by atoms with Crippen LogP contribution in [0.25, 0.3) is 0 Å². The average Bonchev–Trinajstić information content (AvgIpc) is 3.40. The highest BCUT2D eigenvalue weighted by Gasteiger charge is 2.54. The first kappa shape index (κ1) is 35.0. The number of ether oxygens (including phenoxy) is 5. The lowest BCUT2D eigenvalue weighted by Gasteiger charge is -2.37. The van der Waals surface area contributed by atoms with Crippen molar-refractivity contribution >= 4 is 22.0 Å². The van der Waals surface area contributed by atoms with Crippen LogP contribution in [-0.4, -0.2) is 86.8 Å². The monoisotopic (exact) mass is 662 g/mol. The van der Waals surface area contributed by atoms with Gasteiger partial charge in [0.15, 0.2) is 17.7 Å². The summed E-state index contributed by atoms with van der Waals surface area (Å²) >= 11 is 0. The van der Waals surface area contributed by atoms with E-state index in [0.717, 1.165) is 5.56 Å². The molecular weight excluding hydrogens is 625 g/mol. The van der Waals surface area contributed by atoms with Gasteiger partial charge in [0.2, 0.25) is 10.0 Å². The molecule has 45 heavy (non-hydrogen) atoms. The second-order valence-electron chi connectivity index (χ2n) is 12.1. The van der Waals surface area contributed by atoms with E-state index in [1.807, 2.05) is 64.2 Å². The first-order valence-electron chi connectivity index (χ1n) is 14.1. The molecule has 2 fully saturated rings. The Morgan fingerprint density at radius 1 is 0.889 bits per heavy atom. The highest BCUT2D eigenvalue weighted by atomic mass is 32.2. The van der Waals surface area contributed by atoms with Crippen LogP contribution < -0.4 is 15.1 Å². The predicted molar refractivity (Wildman–Crippen MR) is 147 cm³/mol. The number of carbonyl (C=O) groups excluding carboxylic acids is 2. The van der Waals surface area contributed by atoms with Crippen LogP contribution in [0.3, 0.4) is 0 Å². The number of sulfonamides is 1. The Morgan fingerprint density at radius 2 is 1.38 bits per heavy atom. The molecule has 2 heterocycles. The number of carboxylic acid groups (broad SMARTS) is 1. The van der Waals surface area contributed by atoms with Gasteiger partial charge in [-0.2, -0.15) is 17.9 Å². The zero-order chi connectivity index (χ0) is 33.5. The quantitative estimate of drug-likeness (QED) is 0.321. The summed E-state index contributed by atoms with van der Waals surface area (Å²) in [6, 6.07) is 5.28. The molecule has 250 valence electrons. The SMILES string of the molecule is CC(=O)O[C@H]1[C@@H]2OC(C)(C)O[C@@H]2C=C[C@@H]1[NH2+]C1C=C[C@H]2OC(C)(C)O[C@H]2[C@@H]1NS(=O)(=O)c1ccc(C)cc1.O=C([O-])C(F)(F)F. The van der Waals surface area contributed by atoms with Gasteiger partial charge >= 0.3 is 12.1 Å². The molecule has 0 spiro atoms. The van der Waals surface area contributed by atoms with Crippen molar-refractivity contribution in [1.29, 1.82) is 0 Å². The van der Waals surface area contributed by atoms with E-state index in [4.69, 9.17) is 33.6 Å². The molecule has 2 aliphatic carbocycles. The summed E-state index contributed by atoms with van der Waals surface area (Å²) < 4.78 is 91.4. The smallest absolute Gasteiger partial charge is 0.430 e. The maximum absolute atomic E-state index is 13.5. The van der Waals surface area contributed by atoms with Crippen LogP contribution in [-0.2, 0) is 43.3 Å². The first-order valence-corrected chi connectivity index (χ1v) is 15.6. The van der Waals surface area contributed by atoms with Crippen molar-refractivity contribution < 1.29 is 65.3 Å². The summed E-state index contributed by atoms with van der Waals surface area (Å²) in [5.41, 5.74) is 0.963. The largest absolute Gasteiger partial charge is 0.542 e. The third kappa shape index (κ3) is 8.49. The van der Waals surface area contributed by atoms with Gasteiger partial charge in [-0.15, -0.1) is 0 Å². The molecular formula is C29H37F3N2O10S. The van der Waals surface area contributed by atoms with Crippen LogP contribution in [0.1, 0.15) is 40.2 Å². The van der Waals surface area contributed by atoms with E-state index in [0.29, 0.717) is 0 Å². The van der Waals surface area contributed by atoms with Gasteiger partial charge in [0.05, 0.1) is 4.90 Å². The molecule has 12 nitrogen and oxygen atoms in total. The number of carbonyl (C=O) groups is 2. The van der Waals surface area contributed by atoms with Crippen molar-refractivity contribution in [3.05, 3.63) is 54.1 Å². The van der Waals surface area contributed by atoms with Crippen molar-refractivity contribution in [3.63, 3.8) is 0 Å². The molecule has 1 unspecified atom stereocenters. The Labute approximate surface area is 258 Å². The van der Waals surface area contributed by atoms with Gasteiger partial charge in [-0.3, -0.25) is 4.79 Å². The molecule has 0 aromatic heterocycles. The second-order valence-corrected chi connectivity index (χ2v) is 13.8. The molecule has 3 N–H and O–H groups in total. The minimum atomic E-state index is -5.19.